The van der Waals surface area contributed by atoms with Crippen molar-refractivity contribution in [2.75, 3.05) is 26.3 Å². The van der Waals surface area contributed by atoms with Crippen LogP contribution in [0.15, 0.2) is 4.99 Å². The van der Waals surface area contributed by atoms with Crippen LogP contribution in [0.3, 0.4) is 0 Å². The first-order valence-electron chi connectivity index (χ1n) is 5.83. The van der Waals surface area contributed by atoms with E-state index in [-0.39, 0.29) is 18.8 Å². The normalized spacial score (nSPS) is 27.6. The van der Waals surface area contributed by atoms with Crippen molar-refractivity contribution in [3.63, 3.8) is 0 Å². The van der Waals surface area contributed by atoms with Gasteiger partial charge in [-0.2, -0.15) is 0 Å². The molecular formula is C11H23N3O2. The minimum absolute atomic E-state index is 0.0285. The summed E-state index contributed by atoms with van der Waals surface area (Å²) in [5.74, 6) is 1.06. The molecule has 0 spiro atoms. The largest absolute Gasteiger partial charge is 0.394 e. The Balaban J connectivity index is 2.58. The second-order valence-electron chi connectivity index (χ2n) is 4.73. The van der Waals surface area contributed by atoms with Gasteiger partial charge in [0, 0.05) is 13.1 Å². The van der Waals surface area contributed by atoms with E-state index in [2.05, 4.69) is 18.8 Å². The van der Waals surface area contributed by atoms with Gasteiger partial charge in [0.05, 0.1) is 25.4 Å². The second kappa shape index (κ2) is 6.06. The molecule has 1 heterocycles. The maximum Gasteiger partial charge on any atom is 0.191 e. The molecule has 0 saturated carbocycles. The van der Waals surface area contributed by atoms with Gasteiger partial charge in [0.15, 0.2) is 5.96 Å². The molecule has 16 heavy (non-hydrogen) atoms. The fourth-order valence-corrected chi connectivity index (χ4v) is 1.61. The van der Waals surface area contributed by atoms with Crippen LogP contribution in [0.5, 0.6) is 0 Å². The lowest BCUT2D eigenvalue weighted by Gasteiger charge is -2.38. The standard InChI is InChI=1S/C11H23N3O2/c1-8(2)4-13-11(12)14-5-10(6-15)16-7-9(14)3/h8-10,15H,4-7H2,1-3H3,(H2,12,13). The lowest BCUT2D eigenvalue weighted by molar-refractivity contribution is -0.0564. The van der Waals surface area contributed by atoms with E-state index in [4.69, 9.17) is 15.6 Å². The molecule has 0 aliphatic carbocycles. The number of hydrogen-bond donors (Lipinski definition) is 2. The maximum absolute atomic E-state index is 9.06. The number of rotatable bonds is 3. The molecule has 0 bridgehead atoms. The molecule has 94 valence electrons. The molecule has 1 aliphatic rings. The average Bonchev–Trinajstić information content (AvgIpc) is 2.26. The van der Waals surface area contributed by atoms with E-state index in [0.717, 1.165) is 6.54 Å². The third kappa shape index (κ3) is 3.64. The summed E-state index contributed by atoms with van der Waals surface area (Å²) in [6, 6.07) is 0.221. The van der Waals surface area contributed by atoms with Gasteiger partial charge in [-0.3, -0.25) is 4.99 Å². The van der Waals surface area contributed by atoms with Gasteiger partial charge >= 0.3 is 0 Å². The van der Waals surface area contributed by atoms with Crippen LogP contribution in [0.1, 0.15) is 20.8 Å². The number of ether oxygens (including phenoxy) is 1. The summed E-state index contributed by atoms with van der Waals surface area (Å²) in [4.78, 5) is 6.36. The number of aliphatic hydroxyl groups excluding tert-OH is 1. The molecule has 0 radical (unpaired) electrons. The first-order valence-corrected chi connectivity index (χ1v) is 5.83. The van der Waals surface area contributed by atoms with Gasteiger partial charge in [-0.15, -0.1) is 0 Å². The summed E-state index contributed by atoms with van der Waals surface area (Å²) in [6.45, 7) is 8.23. The number of hydrogen-bond acceptors (Lipinski definition) is 3. The molecule has 5 nitrogen and oxygen atoms in total. The highest BCUT2D eigenvalue weighted by atomic mass is 16.5. The van der Waals surface area contributed by atoms with Crippen LogP contribution in [0, 0.1) is 5.92 Å². The van der Waals surface area contributed by atoms with E-state index in [1.165, 1.54) is 0 Å². The number of morpholine rings is 1. The van der Waals surface area contributed by atoms with E-state index >= 15 is 0 Å². The van der Waals surface area contributed by atoms with Crippen molar-refractivity contribution in [2.45, 2.75) is 32.9 Å². The number of aliphatic hydroxyl groups is 1. The molecule has 2 atom stereocenters. The highest BCUT2D eigenvalue weighted by molar-refractivity contribution is 5.78. The molecule has 1 aliphatic heterocycles. The van der Waals surface area contributed by atoms with Gasteiger partial charge in [-0.05, 0) is 12.8 Å². The van der Waals surface area contributed by atoms with Crippen LogP contribution in [0.2, 0.25) is 0 Å². The Morgan fingerprint density at radius 2 is 2.31 bits per heavy atom. The molecule has 0 aromatic rings. The van der Waals surface area contributed by atoms with Gasteiger partial charge in [0.1, 0.15) is 0 Å². The zero-order valence-corrected chi connectivity index (χ0v) is 10.4. The van der Waals surface area contributed by atoms with E-state index in [1.807, 2.05) is 11.8 Å². The predicted octanol–water partition coefficient (Wildman–Crippen LogP) is 0.0387. The van der Waals surface area contributed by atoms with Crippen LogP contribution in [0.25, 0.3) is 0 Å². The van der Waals surface area contributed by atoms with Crippen molar-refractivity contribution in [1.82, 2.24) is 4.90 Å². The lowest BCUT2D eigenvalue weighted by atomic mass is 10.2. The van der Waals surface area contributed by atoms with Crippen molar-refractivity contribution >= 4 is 5.96 Å². The molecule has 0 aromatic heterocycles. The Bertz CT molecular complexity index is 243. The monoisotopic (exact) mass is 229 g/mol. The first-order chi connectivity index (χ1) is 7.54. The van der Waals surface area contributed by atoms with E-state index in [9.17, 15) is 0 Å². The molecule has 0 aromatic carbocycles. The Morgan fingerprint density at radius 3 is 2.88 bits per heavy atom. The fraction of sp³-hybridized carbons (Fsp3) is 0.909. The van der Waals surface area contributed by atoms with Gasteiger partial charge in [0.2, 0.25) is 0 Å². The number of nitrogens with two attached hydrogens (primary N) is 1. The molecule has 3 N–H and O–H groups in total. The van der Waals surface area contributed by atoms with Crippen LogP contribution >= 0.6 is 0 Å². The quantitative estimate of drug-likeness (QED) is 0.529. The number of guanidine groups is 1. The fourth-order valence-electron chi connectivity index (χ4n) is 1.61. The SMILES string of the molecule is CC(C)CN=C(N)N1CC(CO)OCC1C. The van der Waals surface area contributed by atoms with Crippen molar-refractivity contribution in [3.8, 4) is 0 Å². The van der Waals surface area contributed by atoms with Gasteiger partial charge in [-0.25, -0.2) is 0 Å². The zero-order valence-electron chi connectivity index (χ0n) is 10.4. The molecule has 1 saturated heterocycles. The van der Waals surface area contributed by atoms with Crippen molar-refractivity contribution in [1.29, 1.82) is 0 Å². The Morgan fingerprint density at radius 1 is 1.62 bits per heavy atom. The molecule has 5 heteroatoms. The minimum Gasteiger partial charge on any atom is -0.394 e. The van der Waals surface area contributed by atoms with Gasteiger partial charge < -0.3 is 20.5 Å². The van der Waals surface area contributed by atoms with Crippen molar-refractivity contribution in [3.05, 3.63) is 0 Å². The van der Waals surface area contributed by atoms with E-state index < -0.39 is 0 Å². The van der Waals surface area contributed by atoms with Gasteiger partial charge in [0.25, 0.3) is 0 Å². The predicted molar refractivity (Wildman–Crippen MR) is 64.3 cm³/mol. The van der Waals surface area contributed by atoms with Gasteiger partial charge in [-0.1, -0.05) is 13.8 Å². The average molecular weight is 229 g/mol. The topological polar surface area (TPSA) is 71.1 Å². The van der Waals surface area contributed by atoms with Crippen LogP contribution in [-0.4, -0.2) is 54.4 Å². The maximum atomic E-state index is 9.06. The summed E-state index contributed by atoms with van der Waals surface area (Å²) in [6.07, 6.45) is -0.149. The highest BCUT2D eigenvalue weighted by Crippen LogP contribution is 2.11. The molecule has 2 unspecified atom stereocenters. The van der Waals surface area contributed by atoms with Crippen molar-refractivity contribution < 1.29 is 9.84 Å². The number of nitrogens with zero attached hydrogens (tertiary/aromatic N) is 2. The summed E-state index contributed by atoms with van der Waals surface area (Å²) >= 11 is 0. The smallest absolute Gasteiger partial charge is 0.191 e. The van der Waals surface area contributed by atoms with Crippen LogP contribution in [0.4, 0.5) is 0 Å². The van der Waals surface area contributed by atoms with Crippen LogP contribution < -0.4 is 5.73 Å². The third-order valence-electron chi connectivity index (χ3n) is 2.62. The molecule has 0 amide bonds. The Labute approximate surface area is 97.3 Å². The molecule has 1 rings (SSSR count). The third-order valence-corrected chi connectivity index (χ3v) is 2.62. The lowest BCUT2D eigenvalue weighted by Crippen LogP contribution is -2.54. The Kier molecular flexibility index (Phi) is 5.02. The summed E-state index contributed by atoms with van der Waals surface area (Å²) in [5, 5.41) is 9.06. The molecular weight excluding hydrogens is 206 g/mol. The minimum atomic E-state index is -0.149. The highest BCUT2D eigenvalue weighted by Gasteiger charge is 2.26. The van der Waals surface area contributed by atoms with Crippen molar-refractivity contribution in [2.24, 2.45) is 16.6 Å². The Hall–Kier alpha value is -0.810. The molecule has 1 fully saturated rings. The summed E-state index contributed by atoms with van der Waals surface area (Å²) in [5.41, 5.74) is 5.94. The summed E-state index contributed by atoms with van der Waals surface area (Å²) in [7, 11) is 0. The van der Waals surface area contributed by atoms with Crippen LogP contribution in [-0.2, 0) is 4.74 Å². The van der Waals surface area contributed by atoms with E-state index in [0.29, 0.717) is 25.0 Å². The summed E-state index contributed by atoms with van der Waals surface area (Å²) < 4.78 is 5.44. The second-order valence-corrected chi connectivity index (χ2v) is 4.73. The number of aliphatic imine (C=N–C) groups is 1. The van der Waals surface area contributed by atoms with E-state index in [1.54, 1.807) is 0 Å². The first kappa shape index (κ1) is 13.3. The zero-order chi connectivity index (χ0) is 12.1.